The van der Waals surface area contributed by atoms with Crippen LogP contribution >= 0.6 is 0 Å². The lowest BCUT2D eigenvalue weighted by atomic mass is 9.84. The number of anilines is 1. The van der Waals surface area contributed by atoms with Gasteiger partial charge in [0.05, 0.1) is 0 Å². The molecule has 0 radical (unpaired) electrons. The lowest BCUT2D eigenvalue weighted by molar-refractivity contribution is 0.0697. The van der Waals surface area contributed by atoms with Crippen molar-refractivity contribution in [2.75, 3.05) is 5.32 Å². The molecule has 1 aromatic rings. The summed E-state index contributed by atoms with van der Waals surface area (Å²) in [5.74, 6) is 0.420. The van der Waals surface area contributed by atoms with Crippen LogP contribution in [0.4, 0.5) is 5.82 Å². The average Bonchev–Trinajstić information content (AvgIpc) is 2.40. The normalized spacial score (nSPS) is 23.6. The Balaban J connectivity index is 2.00. The van der Waals surface area contributed by atoms with Crippen LogP contribution in [0.5, 0.6) is 0 Å². The number of carboxylic acid groups (broad SMARTS) is 1. The van der Waals surface area contributed by atoms with Gasteiger partial charge >= 0.3 is 5.97 Å². The maximum atomic E-state index is 11.1. The second kappa shape index (κ2) is 5.85. The third-order valence-corrected chi connectivity index (χ3v) is 3.80. The second-order valence-corrected chi connectivity index (χ2v) is 4.97. The monoisotopic (exact) mass is 248 g/mol. The number of carboxylic acids is 1. The van der Waals surface area contributed by atoms with Crippen LogP contribution in [0.15, 0.2) is 18.3 Å². The molecule has 2 rings (SSSR count). The zero-order valence-corrected chi connectivity index (χ0v) is 10.7. The summed E-state index contributed by atoms with van der Waals surface area (Å²) in [6, 6.07) is 3.61. The molecule has 0 bridgehead atoms. The Morgan fingerprint density at radius 2 is 2.17 bits per heavy atom. The van der Waals surface area contributed by atoms with Gasteiger partial charge in [-0.15, -0.1) is 0 Å². The van der Waals surface area contributed by atoms with Gasteiger partial charge < -0.3 is 10.4 Å². The Morgan fingerprint density at radius 1 is 1.44 bits per heavy atom. The maximum absolute atomic E-state index is 11.1. The summed E-state index contributed by atoms with van der Waals surface area (Å²) in [7, 11) is 0. The van der Waals surface area contributed by atoms with Crippen molar-refractivity contribution in [3.8, 4) is 0 Å². The molecular weight excluding hydrogens is 228 g/mol. The minimum atomic E-state index is -0.923. The van der Waals surface area contributed by atoms with Crippen LogP contribution in [-0.2, 0) is 0 Å². The van der Waals surface area contributed by atoms with E-state index in [4.69, 9.17) is 5.11 Å². The molecule has 1 fully saturated rings. The van der Waals surface area contributed by atoms with Crippen molar-refractivity contribution >= 4 is 11.8 Å². The summed E-state index contributed by atoms with van der Waals surface area (Å²) < 4.78 is 0. The first-order valence-electron chi connectivity index (χ1n) is 6.65. The largest absolute Gasteiger partial charge is 0.478 e. The van der Waals surface area contributed by atoms with Gasteiger partial charge in [-0.2, -0.15) is 0 Å². The molecule has 4 nitrogen and oxygen atoms in total. The molecular formula is C14H20N2O2. The number of nitrogens with zero attached hydrogens (tertiary/aromatic N) is 1. The van der Waals surface area contributed by atoms with Crippen molar-refractivity contribution in [2.24, 2.45) is 5.92 Å². The zero-order chi connectivity index (χ0) is 13.0. The Labute approximate surface area is 107 Å². The van der Waals surface area contributed by atoms with E-state index >= 15 is 0 Å². The van der Waals surface area contributed by atoms with Crippen LogP contribution in [0.3, 0.4) is 0 Å². The Kier molecular flexibility index (Phi) is 4.18. The number of pyridine rings is 1. The van der Waals surface area contributed by atoms with Gasteiger partial charge in [0, 0.05) is 12.2 Å². The molecule has 2 N–H and O–H groups in total. The molecule has 1 aliphatic carbocycles. The first-order valence-corrected chi connectivity index (χ1v) is 6.65. The fraction of sp³-hybridized carbons (Fsp3) is 0.571. The van der Waals surface area contributed by atoms with Crippen LogP contribution in [-0.4, -0.2) is 22.1 Å². The van der Waals surface area contributed by atoms with Crippen LogP contribution in [0.25, 0.3) is 0 Å². The van der Waals surface area contributed by atoms with E-state index in [0.29, 0.717) is 11.9 Å². The highest BCUT2D eigenvalue weighted by Crippen LogP contribution is 2.28. The van der Waals surface area contributed by atoms with E-state index in [9.17, 15) is 4.79 Å². The lowest BCUT2D eigenvalue weighted by Crippen LogP contribution is -2.27. The lowest BCUT2D eigenvalue weighted by Gasteiger charge is -2.29. The van der Waals surface area contributed by atoms with Crippen LogP contribution in [0.1, 0.15) is 49.4 Å². The van der Waals surface area contributed by atoms with E-state index in [-0.39, 0.29) is 5.56 Å². The molecule has 0 amide bonds. The van der Waals surface area contributed by atoms with E-state index in [1.54, 1.807) is 18.3 Å². The quantitative estimate of drug-likeness (QED) is 0.859. The smallest absolute Gasteiger partial charge is 0.339 e. The third-order valence-electron chi connectivity index (χ3n) is 3.80. The molecule has 1 aromatic heterocycles. The molecule has 1 saturated carbocycles. The van der Waals surface area contributed by atoms with Crippen molar-refractivity contribution in [1.82, 2.24) is 4.98 Å². The fourth-order valence-corrected chi connectivity index (χ4v) is 2.60. The highest BCUT2D eigenvalue weighted by molar-refractivity contribution is 5.93. The SMILES string of the molecule is CCC1CCC(Nc2ncccc2C(=O)O)CC1. The number of hydrogen-bond donors (Lipinski definition) is 2. The Hall–Kier alpha value is -1.58. The number of hydrogen-bond acceptors (Lipinski definition) is 3. The first-order chi connectivity index (χ1) is 8.70. The molecule has 1 aliphatic rings. The predicted molar refractivity (Wildman–Crippen MR) is 70.9 cm³/mol. The summed E-state index contributed by atoms with van der Waals surface area (Å²) in [5, 5.41) is 12.4. The molecule has 98 valence electrons. The van der Waals surface area contributed by atoms with Crippen molar-refractivity contribution in [3.63, 3.8) is 0 Å². The fourth-order valence-electron chi connectivity index (χ4n) is 2.60. The number of aromatic carboxylic acids is 1. The van der Waals surface area contributed by atoms with Gasteiger partial charge in [0.25, 0.3) is 0 Å². The van der Waals surface area contributed by atoms with Gasteiger partial charge in [-0.3, -0.25) is 0 Å². The van der Waals surface area contributed by atoms with Gasteiger partial charge in [-0.05, 0) is 43.7 Å². The van der Waals surface area contributed by atoms with E-state index in [1.165, 1.54) is 19.3 Å². The summed E-state index contributed by atoms with van der Waals surface area (Å²) in [5.41, 5.74) is 0.259. The minimum absolute atomic E-state index is 0.259. The summed E-state index contributed by atoms with van der Waals surface area (Å²) in [6.45, 7) is 2.24. The van der Waals surface area contributed by atoms with Gasteiger partial charge in [-0.1, -0.05) is 13.3 Å². The summed E-state index contributed by atoms with van der Waals surface area (Å²) in [4.78, 5) is 15.2. The van der Waals surface area contributed by atoms with Gasteiger partial charge in [0.1, 0.15) is 11.4 Å². The molecule has 0 aromatic carbocycles. The highest BCUT2D eigenvalue weighted by atomic mass is 16.4. The van der Waals surface area contributed by atoms with Crippen LogP contribution < -0.4 is 5.32 Å². The predicted octanol–water partition coefficient (Wildman–Crippen LogP) is 3.16. The van der Waals surface area contributed by atoms with Gasteiger partial charge in [0.2, 0.25) is 0 Å². The van der Waals surface area contributed by atoms with Crippen molar-refractivity contribution in [2.45, 2.75) is 45.1 Å². The third kappa shape index (κ3) is 3.00. The summed E-state index contributed by atoms with van der Waals surface area (Å²) >= 11 is 0. The van der Waals surface area contributed by atoms with Crippen LogP contribution in [0, 0.1) is 5.92 Å². The van der Waals surface area contributed by atoms with Crippen molar-refractivity contribution in [3.05, 3.63) is 23.9 Å². The molecule has 18 heavy (non-hydrogen) atoms. The Bertz CT molecular complexity index is 412. The number of carbonyl (C=O) groups is 1. The zero-order valence-electron chi connectivity index (χ0n) is 10.7. The van der Waals surface area contributed by atoms with E-state index in [2.05, 4.69) is 17.2 Å². The molecule has 0 atom stereocenters. The molecule has 4 heteroatoms. The molecule has 0 spiro atoms. The Morgan fingerprint density at radius 3 is 2.78 bits per heavy atom. The van der Waals surface area contributed by atoms with E-state index in [0.717, 1.165) is 18.8 Å². The first kappa shape index (κ1) is 12.9. The van der Waals surface area contributed by atoms with E-state index in [1.807, 2.05) is 0 Å². The molecule has 0 saturated heterocycles. The summed E-state index contributed by atoms with van der Waals surface area (Å²) in [6.07, 6.45) is 7.54. The average molecular weight is 248 g/mol. The number of aromatic nitrogens is 1. The number of nitrogens with one attached hydrogen (secondary N) is 1. The molecule has 0 aliphatic heterocycles. The van der Waals surface area contributed by atoms with E-state index < -0.39 is 5.97 Å². The second-order valence-electron chi connectivity index (χ2n) is 4.97. The molecule has 0 unspecified atom stereocenters. The van der Waals surface area contributed by atoms with Gasteiger partial charge in [0.15, 0.2) is 0 Å². The topological polar surface area (TPSA) is 62.2 Å². The maximum Gasteiger partial charge on any atom is 0.339 e. The van der Waals surface area contributed by atoms with Crippen molar-refractivity contribution < 1.29 is 9.90 Å². The van der Waals surface area contributed by atoms with Gasteiger partial charge in [-0.25, -0.2) is 9.78 Å². The number of rotatable bonds is 4. The standard InChI is InChI=1S/C14H20N2O2/c1-2-10-5-7-11(8-6-10)16-13-12(14(17)18)4-3-9-15-13/h3-4,9-11H,2,5-8H2,1H3,(H,15,16)(H,17,18). The highest BCUT2D eigenvalue weighted by Gasteiger charge is 2.21. The minimum Gasteiger partial charge on any atom is -0.478 e. The van der Waals surface area contributed by atoms with Crippen LogP contribution in [0.2, 0.25) is 0 Å². The molecule has 1 heterocycles. The van der Waals surface area contributed by atoms with Crippen molar-refractivity contribution in [1.29, 1.82) is 0 Å².